The molecule has 0 saturated carbocycles. The van der Waals surface area contributed by atoms with E-state index in [1.54, 1.807) is 7.11 Å². The van der Waals surface area contributed by atoms with Crippen molar-refractivity contribution in [1.29, 1.82) is 0 Å². The summed E-state index contributed by atoms with van der Waals surface area (Å²) in [6.45, 7) is 6.47. The molecule has 2 heterocycles. The number of ether oxygens (including phenoxy) is 1. The monoisotopic (exact) mass is 347 g/mol. The molecule has 0 radical (unpaired) electrons. The maximum atomic E-state index is 12.5. The molecule has 2 aliphatic rings. The number of aliphatic hydroxyl groups is 1. The molecule has 1 aromatic carbocycles. The summed E-state index contributed by atoms with van der Waals surface area (Å²) in [5.41, 5.74) is 1.27. The van der Waals surface area contributed by atoms with Crippen LogP contribution in [-0.2, 0) is 11.3 Å². The van der Waals surface area contributed by atoms with E-state index < -0.39 is 0 Å². The quantitative estimate of drug-likeness (QED) is 0.854. The molecule has 1 N–H and O–H groups in total. The molecule has 0 aliphatic carbocycles. The largest absolute Gasteiger partial charge is 0.497 e. The van der Waals surface area contributed by atoms with Crippen LogP contribution in [0.25, 0.3) is 0 Å². The van der Waals surface area contributed by atoms with Crippen molar-refractivity contribution < 1.29 is 14.6 Å². The normalized spacial score (nSPS) is 20.6. The predicted molar refractivity (Wildman–Crippen MR) is 96.5 cm³/mol. The average molecular weight is 347 g/mol. The van der Waals surface area contributed by atoms with E-state index >= 15 is 0 Å². The van der Waals surface area contributed by atoms with Crippen molar-refractivity contribution in [3.8, 4) is 5.75 Å². The van der Waals surface area contributed by atoms with Gasteiger partial charge < -0.3 is 14.7 Å². The van der Waals surface area contributed by atoms with Crippen molar-refractivity contribution in [2.24, 2.45) is 0 Å². The highest BCUT2D eigenvalue weighted by Gasteiger charge is 2.24. The first kappa shape index (κ1) is 18.2. The number of piperidine rings is 1. The third kappa shape index (κ3) is 5.17. The summed E-state index contributed by atoms with van der Waals surface area (Å²) in [6.07, 6.45) is 1.37. The topological polar surface area (TPSA) is 56.2 Å². The smallest absolute Gasteiger partial charge is 0.236 e. The number of methoxy groups -OCH3 is 1. The number of carbonyl (C=O) groups is 1. The molecule has 2 saturated heterocycles. The van der Waals surface area contributed by atoms with Gasteiger partial charge in [0.05, 0.1) is 19.8 Å². The Balaban J connectivity index is 1.41. The summed E-state index contributed by atoms with van der Waals surface area (Å²) in [4.78, 5) is 19.0. The number of nitrogens with zero attached hydrogens (tertiary/aromatic N) is 3. The summed E-state index contributed by atoms with van der Waals surface area (Å²) in [7, 11) is 1.68. The zero-order chi connectivity index (χ0) is 17.6. The zero-order valence-electron chi connectivity index (χ0n) is 15.1. The van der Waals surface area contributed by atoms with Gasteiger partial charge >= 0.3 is 0 Å². The third-order valence-electron chi connectivity index (χ3n) is 5.21. The lowest BCUT2D eigenvalue weighted by atomic mass is 10.1. The Hall–Kier alpha value is -1.63. The SMILES string of the molecule is COc1ccc(CN2CCN(C(=O)CN3CCC(O)CC3)CC2)cc1. The fourth-order valence-corrected chi connectivity index (χ4v) is 3.51. The molecule has 1 amide bonds. The highest BCUT2D eigenvalue weighted by atomic mass is 16.5. The van der Waals surface area contributed by atoms with E-state index in [0.717, 1.165) is 64.4 Å². The van der Waals surface area contributed by atoms with Gasteiger partial charge in [0.2, 0.25) is 5.91 Å². The van der Waals surface area contributed by atoms with Crippen LogP contribution in [-0.4, -0.2) is 84.7 Å². The van der Waals surface area contributed by atoms with Crippen LogP contribution in [0.15, 0.2) is 24.3 Å². The van der Waals surface area contributed by atoms with Crippen LogP contribution in [0.5, 0.6) is 5.75 Å². The maximum absolute atomic E-state index is 12.5. The van der Waals surface area contributed by atoms with Crippen LogP contribution < -0.4 is 4.74 Å². The lowest BCUT2D eigenvalue weighted by Crippen LogP contribution is -2.51. The van der Waals surface area contributed by atoms with Gasteiger partial charge in [0.25, 0.3) is 0 Å². The third-order valence-corrected chi connectivity index (χ3v) is 5.21. The van der Waals surface area contributed by atoms with Crippen LogP contribution >= 0.6 is 0 Å². The van der Waals surface area contributed by atoms with Gasteiger partial charge in [-0.2, -0.15) is 0 Å². The van der Waals surface area contributed by atoms with Gasteiger partial charge in [-0.3, -0.25) is 14.6 Å². The van der Waals surface area contributed by atoms with Crippen LogP contribution in [0, 0.1) is 0 Å². The molecular weight excluding hydrogens is 318 g/mol. The zero-order valence-corrected chi connectivity index (χ0v) is 15.1. The molecule has 6 nitrogen and oxygen atoms in total. The summed E-state index contributed by atoms with van der Waals surface area (Å²) >= 11 is 0. The first-order valence-electron chi connectivity index (χ1n) is 9.17. The molecule has 6 heteroatoms. The van der Waals surface area contributed by atoms with Crippen molar-refractivity contribution in [2.45, 2.75) is 25.5 Å². The van der Waals surface area contributed by atoms with Gasteiger partial charge in [-0.15, -0.1) is 0 Å². The highest BCUT2D eigenvalue weighted by Crippen LogP contribution is 2.15. The fraction of sp³-hybridized carbons (Fsp3) is 0.632. The number of piperazine rings is 1. The molecule has 1 aromatic rings. The van der Waals surface area contributed by atoms with Crippen molar-refractivity contribution in [3.63, 3.8) is 0 Å². The number of likely N-dealkylation sites (tertiary alicyclic amines) is 1. The Bertz CT molecular complexity index is 548. The number of carbonyl (C=O) groups excluding carboxylic acids is 1. The maximum Gasteiger partial charge on any atom is 0.236 e. The van der Waals surface area contributed by atoms with Crippen molar-refractivity contribution in [3.05, 3.63) is 29.8 Å². The standard InChI is InChI=1S/C19H29N3O3/c1-25-18-4-2-16(3-5-18)14-21-10-12-22(13-11-21)19(24)15-20-8-6-17(23)7-9-20/h2-5,17,23H,6-15H2,1H3. The molecule has 2 aliphatic heterocycles. The Morgan fingerprint density at radius 3 is 2.28 bits per heavy atom. The Labute approximate surface area is 150 Å². The molecule has 0 aromatic heterocycles. The minimum atomic E-state index is -0.187. The van der Waals surface area contributed by atoms with E-state index in [0.29, 0.717) is 6.54 Å². The molecule has 0 spiro atoms. The van der Waals surface area contributed by atoms with Gasteiger partial charge in [0.15, 0.2) is 0 Å². The van der Waals surface area contributed by atoms with Crippen LogP contribution in [0.2, 0.25) is 0 Å². The minimum absolute atomic E-state index is 0.187. The molecule has 0 atom stereocenters. The Kier molecular flexibility index (Phi) is 6.29. The first-order chi connectivity index (χ1) is 12.1. The van der Waals surface area contributed by atoms with E-state index in [1.807, 2.05) is 17.0 Å². The number of benzene rings is 1. The van der Waals surface area contributed by atoms with Gasteiger partial charge in [0, 0.05) is 45.8 Å². The lowest BCUT2D eigenvalue weighted by molar-refractivity contribution is -0.134. The molecule has 25 heavy (non-hydrogen) atoms. The van der Waals surface area contributed by atoms with Gasteiger partial charge in [-0.25, -0.2) is 0 Å². The van der Waals surface area contributed by atoms with Crippen molar-refractivity contribution in [1.82, 2.24) is 14.7 Å². The van der Waals surface area contributed by atoms with Gasteiger partial charge in [-0.1, -0.05) is 12.1 Å². The molecule has 0 unspecified atom stereocenters. The van der Waals surface area contributed by atoms with Gasteiger partial charge in [0.1, 0.15) is 5.75 Å². The van der Waals surface area contributed by atoms with Crippen molar-refractivity contribution >= 4 is 5.91 Å². The van der Waals surface area contributed by atoms with E-state index in [1.165, 1.54) is 5.56 Å². The second kappa shape index (κ2) is 8.65. The summed E-state index contributed by atoms with van der Waals surface area (Å²) in [5.74, 6) is 1.10. The van der Waals surface area contributed by atoms with Crippen LogP contribution in [0.4, 0.5) is 0 Å². The number of rotatable bonds is 5. The number of amides is 1. The number of hydrogen-bond donors (Lipinski definition) is 1. The molecule has 0 bridgehead atoms. The first-order valence-corrected chi connectivity index (χ1v) is 9.17. The summed E-state index contributed by atoms with van der Waals surface area (Å²) < 4.78 is 5.19. The predicted octanol–water partition coefficient (Wildman–Crippen LogP) is 0.796. The number of hydrogen-bond acceptors (Lipinski definition) is 5. The van der Waals surface area contributed by atoms with E-state index in [4.69, 9.17) is 4.74 Å². The Morgan fingerprint density at radius 2 is 1.68 bits per heavy atom. The second-order valence-electron chi connectivity index (χ2n) is 7.01. The molecule has 3 rings (SSSR count). The average Bonchev–Trinajstić information content (AvgIpc) is 2.65. The van der Waals surface area contributed by atoms with E-state index in [2.05, 4.69) is 21.9 Å². The van der Waals surface area contributed by atoms with Crippen LogP contribution in [0.3, 0.4) is 0 Å². The van der Waals surface area contributed by atoms with Crippen LogP contribution in [0.1, 0.15) is 18.4 Å². The molecular formula is C19H29N3O3. The molecule has 2 fully saturated rings. The Morgan fingerprint density at radius 1 is 1.04 bits per heavy atom. The lowest BCUT2D eigenvalue weighted by Gasteiger charge is -2.36. The minimum Gasteiger partial charge on any atom is -0.497 e. The number of aliphatic hydroxyl groups excluding tert-OH is 1. The summed E-state index contributed by atoms with van der Waals surface area (Å²) in [5, 5.41) is 9.55. The van der Waals surface area contributed by atoms with E-state index in [9.17, 15) is 9.90 Å². The molecule has 138 valence electrons. The highest BCUT2D eigenvalue weighted by molar-refractivity contribution is 5.78. The van der Waals surface area contributed by atoms with E-state index in [-0.39, 0.29) is 12.0 Å². The van der Waals surface area contributed by atoms with Gasteiger partial charge in [-0.05, 0) is 30.5 Å². The fourth-order valence-electron chi connectivity index (χ4n) is 3.51. The second-order valence-corrected chi connectivity index (χ2v) is 7.01. The summed E-state index contributed by atoms with van der Waals surface area (Å²) in [6, 6.07) is 8.18. The van der Waals surface area contributed by atoms with Crippen molar-refractivity contribution in [2.75, 3.05) is 52.9 Å².